The van der Waals surface area contributed by atoms with Crippen LogP contribution in [-0.4, -0.2) is 21.3 Å². The molecule has 1 unspecified atom stereocenters. The lowest BCUT2D eigenvalue weighted by atomic mass is 9.98. The minimum Gasteiger partial charge on any atom is -0.493 e. The Bertz CT molecular complexity index is 334. The average molecular weight is 224 g/mol. The Morgan fingerprint density at radius 3 is 2.00 bits per heavy atom. The third-order valence-electron chi connectivity index (χ3n) is 2.60. The molecule has 0 N–H and O–H groups in total. The smallest absolute Gasteiger partial charge is 0.161 e. The van der Waals surface area contributed by atoms with Gasteiger partial charge in [-0.3, -0.25) is 0 Å². The van der Waals surface area contributed by atoms with Crippen molar-refractivity contribution in [3.05, 3.63) is 23.8 Å². The van der Waals surface area contributed by atoms with Crippen LogP contribution in [0.3, 0.4) is 0 Å². The molecular weight excluding hydrogens is 204 g/mol. The van der Waals surface area contributed by atoms with Gasteiger partial charge in [0, 0.05) is 7.11 Å². The van der Waals surface area contributed by atoms with Gasteiger partial charge >= 0.3 is 0 Å². The van der Waals surface area contributed by atoms with E-state index in [1.54, 1.807) is 21.3 Å². The molecule has 90 valence electrons. The van der Waals surface area contributed by atoms with Crippen LogP contribution < -0.4 is 9.47 Å². The van der Waals surface area contributed by atoms with Crippen LogP contribution in [-0.2, 0) is 4.74 Å². The minimum absolute atomic E-state index is 0.0832. The summed E-state index contributed by atoms with van der Waals surface area (Å²) in [5.41, 5.74) is 1.11. The third-order valence-corrected chi connectivity index (χ3v) is 2.60. The molecule has 0 radical (unpaired) electrons. The molecule has 16 heavy (non-hydrogen) atoms. The van der Waals surface area contributed by atoms with E-state index in [0.717, 1.165) is 17.1 Å². The Balaban J connectivity index is 3.06. The monoisotopic (exact) mass is 224 g/mol. The molecule has 0 aliphatic heterocycles. The Morgan fingerprint density at radius 2 is 1.56 bits per heavy atom. The summed E-state index contributed by atoms with van der Waals surface area (Å²) >= 11 is 0. The van der Waals surface area contributed by atoms with Crippen molar-refractivity contribution in [3.8, 4) is 11.5 Å². The van der Waals surface area contributed by atoms with E-state index >= 15 is 0 Å². The molecular formula is C13H20O3. The fraction of sp³-hybridized carbons (Fsp3) is 0.538. The van der Waals surface area contributed by atoms with E-state index in [2.05, 4.69) is 13.8 Å². The first-order valence-corrected chi connectivity index (χ1v) is 5.38. The topological polar surface area (TPSA) is 27.7 Å². The lowest BCUT2D eigenvalue weighted by Crippen LogP contribution is -2.09. The third kappa shape index (κ3) is 2.67. The summed E-state index contributed by atoms with van der Waals surface area (Å²) in [7, 11) is 4.99. The SMILES string of the molecule is COc1ccc(C(OC)C(C)C)cc1OC. The van der Waals surface area contributed by atoms with E-state index in [4.69, 9.17) is 14.2 Å². The second kappa shape index (κ2) is 5.75. The second-order valence-corrected chi connectivity index (χ2v) is 4.01. The van der Waals surface area contributed by atoms with Gasteiger partial charge < -0.3 is 14.2 Å². The van der Waals surface area contributed by atoms with E-state index in [-0.39, 0.29) is 6.10 Å². The molecule has 0 spiro atoms. The van der Waals surface area contributed by atoms with Gasteiger partial charge in [-0.15, -0.1) is 0 Å². The van der Waals surface area contributed by atoms with Crippen molar-refractivity contribution in [1.82, 2.24) is 0 Å². The van der Waals surface area contributed by atoms with Crippen LogP contribution in [0, 0.1) is 5.92 Å². The first kappa shape index (κ1) is 12.8. The predicted octanol–water partition coefficient (Wildman–Crippen LogP) is 3.05. The molecule has 1 atom stereocenters. The van der Waals surface area contributed by atoms with Gasteiger partial charge in [-0.1, -0.05) is 19.9 Å². The van der Waals surface area contributed by atoms with E-state index < -0.39 is 0 Å². The Labute approximate surface area is 97.3 Å². The largest absolute Gasteiger partial charge is 0.493 e. The molecule has 3 nitrogen and oxygen atoms in total. The Morgan fingerprint density at radius 1 is 0.938 bits per heavy atom. The quantitative estimate of drug-likeness (QED) is 0.769. The molecule has 0 saturated heterocycles. The van der Waals surface area contributed by atoms with Crippen molar-refractivity contribution in [3.63, 3.8) is 0 Å². The number of hydrogen-bond donors (Lipinski definition) is 0. The molecule has 0 aromatic heterocycles. The summed E-state index contributed by atoms with van der Waals surface area (Å²) in [6.45, 7) is 4.26. The van der Waals surface area contributed by atoms with Crippen LogP contribution in [0.2, 0.25) is 0 Å². The molecule has 1 aromatic rings. The number of benzene rings is 1. The summed E-state index contributed by atoms with van der Waals surface area (Å²) < 4.78 is 15.9. The summed E-state index contributed by atoms with van der Waals surface area (Å²) in [5, 5.41) is 0. The highest BCUT2D eigenvalue weighted by molar-refractivity contribution is 5.43. The molecule has 0 fully saturated rings. The number of hydrogen-bond acceptors (Lipinski definition) is 3. The standard InChI is InChI=1S/C13H20O3/c1-9(2)13(16-5)10-6-7-11(14-3)12(8-10)15-4/h6-9,13H,1-5H3. The number of methoxy groups -OCH3 is 3. The average Bonchev–Trinajstić information content (AvgIpc) is 2.29. The van der Waals surface area contributed by atoms with Gasteiger partial charge in [-0.2, -0.15) is 0 Å². The van der Waals surface area contributed by atoms with Gasteiger partial charge in [-0.25, -0.2) is 0 Å². The van der Waals surface area contributed by atoms with Gasteiger partial charge in [0.05, 0.1) is 20.3 Å². The van der Waals surface area contributed by atoms with Crippen molar-refractivity contribution in [2.24, 2.45) is 5.92 Å². The molecule has 0 heterocycles. The van der Waals surface area contributed by atoms with Gasteiger partial charge in [0.15, 0.2) is 11.5 Å². The molecule has 0 aliphatic carbocycles. The molecule has 3 heteroatoms. The van der Waals surface area contributed by atoms with E-state index in [1.807, 2.05) is 18.2 Å². The normalized spacial score (nSPS) is 12.6. The lowest BCUT2D eigenvalue weighted by molar-refractivity contribution is 0.0644. The summed E-state index contributed by atoms with van der Waals surface area (Å²) in [6, 6.07) is 5.88. The maximum absolute atomic E-state index is 5.47. The van der Waals surface area contributed by atoms with Crippen molar-refractivity contribution in [2.75, 3.05) is 21.3 Å². The van der Waals surface area contributed by atoms with E-state index in [1.165, 1.54) is 0 Å². The zero-order chi connectivity index (χ0) is 12.1. The number of ether oxygens (including phenoxy) is 3. The Hall–Kier alpha value is -1.22. The highest BCUT2D eigenvalue weighted by Crippen LogP contribution is 2.33. The van der Waals surface area contributed by atoms with Gasteiger partial charge in [-0.05, 0) is 23.6 Å². The fourth-order valence-electron chi connectivity index (χ4n) is 1.82. The second-order valence-electron chi connectivity index (χ2n) is 4.01. The van der Waals surface area contributed by atoms with Crippen LogP contribution in [0.4, 0.5) is 0 Å². The van der Waals surface area contributed by atoms with Crippen LogP contribution in [0.15, 0.2) is 18.2 Å². The summed E-state index contributed by atoms with van der Waals surface area (Å²) in [4.78, 5) is 0. The van der Waals surface area contributed by atoms with Crippen LogP contribution in [0.1, 0.15) is 25.5 Å². The first-order valence-electron chi connectivity index (χ1n) is 5.38. The van der Waals surface area contributed by atoms with Crippen molar-refractivity contribution in [1.29, 1.82) is 0 Å². The van der Waals surface area contributed by atoms with E-state index in [9.17, 15) is 0 Å². The minimum atomic E-state index is 0.0832. The molecule has 0 aliphatic rings. The summed E-state index contributed by atoms with van der Waals surface area (Å²) in [5.74, 6) is 1.90. The summed E-state index contributed by atoms with van der Waals surface area (Å²) in [6.07, 6.45) is 0.0832. The highest BCUT2D eigenvalue weighted by atomic mass is 16.5. The maximum atomic E-state index is 5.47. The zero-order valence-electron chi connectivity index (χ0n) is 10.6. The van der Waals surface area contributed by atoms with Crippen LogP contribution in [0.5, 0.6) is 11.5 Å². The molecule has 0 bridgehead atoms. The van der Waals surface area contributed by atoms with Gasteiger partial charge in [0.1, 0.15) is 0 Å². The van der Waals surface area contributed by atoms with Gasteiger partial charge in [0.2, 0.25) is 0 Å². The fourth-order valence-corrected chi connectivity index (χ4v) is 1.82. The van der Waals surface area contributed by atoms with Crippen molar-refractivity contribution < 1.29 is 14.2 Å². The highest BCUT2D eigenvalue weighted by Gasteiger charge is 2.16. The van der Waals surface area contributed by atoms with Crippen molar-refractivity contribution in [2.45, 2.75) is 20.0 Å². The van der Waals surface area contributed by atoms with E-state index in [0.29, 0.717) is 5.92 Å². The van der Waals surface area contributed by atoms with Crippen LogP contribution in [0.25, 0.3) is 0 Å². The zero-order valence-corrected chi connectivity index (χ0v) is 10.6. The predicted molar refractivity (Wildman–Crippen MR) is 64.1 cm³/mol. The lowest BCUT2D eigenvalue weighted by Gasteiger charge is -2.20. The molecule has 0 saturated carbocycles. The number of rotatable bonds is 5. The van der Waals surface area contributed by atoms with Crippen molar-refractivity contribution >= 4 is 0 Å². The molecule has 1 rings (SSSR count). The Kier molecular flexibility index (Phi) is 4.62. The molecule has 0 amide bonds. The molecule has 1 aromatic carbocycles. The van der Waals surface area contributed by atoms with Gasteiger partial charge in [0.25, 0.3) is 0 Å². The first-order chi connectivity index (χ1) is 7.63. The maximum Gasteiger partial charge on any atom is 0.161 e. The van der Waals surface area contributed by atoms with Crippen LogP contribution >= 0.6 is 0 Å².